The monoisotopic (exact) mass is 329 g/mol. The van der Waals surface area contributed by atoms with Gasteiger partial charge in [0.25, 0.3) is 5.91 Å². The highest BCUT2D eigenvalue weighted by Crippen LogP contribution is 2.18. The molecular weight excluding hydrogens is 306 g/mol. The van der Waals surface area contributed by atoms with E-state index in [2.05, 4.69) is 15.2 Å². The first-order valence-corrected chi connectivity index (χ1v) is 8.34. The molecule has 1 saturated heterocycles. The molecular formula is C18H23N3O3. The summed E-state index contributed by atoms with van der Waals surface area (Å²) in [5.74, 6) is 1.05. The van der Waals surface area contributed by atoms with Crippen LogP contribution in [0.1, 0.15) is 34.7 Å². The molecule has 6 nitrogen and oxygen atoms in total. The number of rotatable bonds is 5. The molecule has 24 heavy (non-hydrogen) atoms. The predicted octanol–water partition coefficient (Wildman–Crippen LogP) is 1.92. The fraction of sp³-hybridized carbons (Fsp3) is 0.444. The standard InChI is InChI=1S/C18H23N3O3/c1-13-8-17(22)16(10-19-13)18(23)20-9-14-4-2-6-21(11-14)12-15-5-3-7-24-15/h3,5,7-8,10,14H,2,4,6,9,11-12H2,1H3,(H,19,22)(H,20,23). The summed E-state index contributed by atoms with van der Waals surface area (Å²) in [6.45, 7) is 5.14. The maximum Gasteiger partial charge on any atom is 0.256 e. The van der Waals surface area contributed by atoms with Crippen molar-refractivity contribution in [2.45, 2.75) is 26.3 Å². The normalized spacial score (nSPS) is 18.5. The number of furan rings is 1. The maximum absolute atomic E-state index is 12.2. The van der Waals surface area contributed by atoms with Crippen LogP contribution in [0.2, 0.25) is 0 Å². The SMILES string of the molecule is Cc1cc(=O)c(C(=O)NCC2CCCN(Cc3ccco3)C2)c[nH]1. The summed E-state index contributed by atoms with van der Waals surface area (Å²) in [4.78, 5) is 29.3. The molecule has 1 fully saturated rings. The molecule has 3 heterocycles. The molecule has 2 aromatic rings. The van der Waals surface area contributed by atoms with Crippen LogP contribution in [0.4, 0.5) is 0 Å². The van der Waals surface area contributed by atoms with Crippen molar-refractivity contribution in [3.05, 3.63) is 57.9 Å². The van der Waals surface area contributed by atoms with Crippen LogP contribution in [0, 0.1) is 12.8 Å². The van der Waals surface area contributed by atoms with Crippen molar-refractivity contribution in [2.75, 3.05) is 19.6 Å². The second-order valence-corrected chi connectivity index (χ2v) is 6.43. The number of amides is 1. The van der Waals surface area contributed by atoms with Crippen LogP contribution in [0.25, 0.3) is 0 Å². The minimum absolute atomic E-state index is 0.170. The number of likely N-dealkylation sites (tertiary alicyclic amines) is 1. The number of carbonyl (C=O) groups is 1. The number of aromatic nitrogens is 1. The molecule has 1 aliphatic heterocycles. The van der Waals surface area contributed by atoms with Crippen LogP contribution >= 0.6 is 0 Å². The van der Waals surface area contributed by atoms with Crippen molar-refractivity contribution in [1.82, 2.24) is 15.2 Å². The molecule has 0 spiro atoms. The fourth-order valence-electron chi connectivity index (χ4n) is 3.17. The minimum atomic E-state index is -0.306. The number of hydrogen-bond acceptors (Lipinski definition) is 4. The van der Waals surface area contributed by atoms with Crippen molar-refractivity contribution < 1.29 is 9.21 Å². The largest absolute Gasteiger partial charge is 0.468 e. The van der Waals surface area contributed by atoms with E-state index in [0.717, 1.165) is 43.9 Å². The molecule has 0 radical (unpaired) electrons. The number of aromatic amines is 1. The topological polar surface area (TPSA) is 78.3 Å². The lowest BCUT2D eigenvalue weighted by atomic mass is 9.97. The van der Waals surface area contributed by atoms with Crippen LogP contribution in [0.5, 0.6) is 0 Å². The van der Waals surface area contributed by atoms with Crippen molar-refractivity contribution in [1.29, 1.82) is 0 Å². The van der Waals surface area contributed by atoms with E-state index in [-0.39, 0.29) is 16.9 Å². The van der Waals surface area contributed by atoms with Gasteiger partial charge in [-0.25, -0.2) is 0 Å². The van der Waals surface area contributed by atoms with Crippen molar-refractivity contribution in [3.8, 4) is 0 Å². The molecule has 0 saturated carbocycles. The van der Waals surface area contributed by atoms with E-state index < -0.39 is 0 Å². The highest BCUT2D eigenvalue weighted by atomic mass is 16.3. The van der Waals surface area contributed by atoms with E-state index in [1.807, 2.05) is 12.1 Å². The van der Waals surface area contributed by atoms with Gasteiger partial charge in [0.15, 0.2) is 5.43 Å². The lowest BCUT2D eigenvalue weighted by Crippen LogP contribution is -2.41. The van der Waals surface area contributed by atoms with Gasteiger partial charge in [0.1, 0.15) is 11.3 Å². The summed E-state index contributed by atoms with van der Waals surface area (Å²) in [7, 11) is 0. The number of piperidine rings is 1. The third-order valence-electron chi connectivity index (χ3n) is 4.42. The number of hydrogen-bond donors (Lipinski definition) is 2. The number of H-pyrrole nitrogens is 1. The van der Waals surface area contributed by atoms with Crippen LogP contribution in [-0.2, 0) is 6.54 Å². The van der Waals surface area contributed by atoms with E-state index in [4.69, 9.17) is 4.42 Å². The highest BCUT2D eigenvalue weighted by Gasteiger charge is 2.21. The average Bonchev–Trinajstić information content (AvgIpc) is 3.06. The maximum atomic E-state index is 12.2. The molecule has 1 amide bonds. The van der Waals surface area contributed by atoms with Crippen molar-refractivity contribution in [2.24, 2.45) is 5.92 Å². The second-order valence-electron chi connectivity index (χ2n) is 6.43. The van der Waals surface area contributed by atoms with Crippen LogP contribution < -0.4 is 10.7 Å². The summed E-state index contributed by atoms with van der Waals surface area (Å²) >= 11 is 0. The molecule has 1 unspecified atom stereocenters. The summed E-state index contributed by atoms with van der Waals surface area (Å²) in [5, 5.41) is 2.90. The summed E-state index contributed by atoms with van der Waals surface area (Å²) in [5.41, 5.74) is 0.674. The van der Waals surface area contributed by atoms with Gasteiger partial charge in [0, 0.05) is 31.0 Å². The molecule has 1 atom stereocenters. The summed E-state index contributed by atoms with van der Waals surface area (Å²) in [6.07, 6.45) is 5.36. The minimum Gasteiger partial charge on any atom is -0.468 e. The molecule has 3 rings (SSSR count). The van der Waals surface area contributed by atoms with Crippen LogP contribution in [0.3, 0.4) is 0 Å². The van der Waals surface area contributed by atoms with Gasteiger partial charge in [0.2, 0.25) is 0 Å². The van der Waals surface area contributed by atoms with Gasteiger partial charge in [-0.1, -0.05) is 0 Å². The van der Waals surface area contributed by atoms with E-state index in [9.17, 15) is 9.59 Å². The molecule has 0 bridgehead atoms. The van der Waals surface area contributed by atoms with Gasteiger partial charge in [-0.05, 0) is 44.4 Å². The van der Waals surface area contributed by atoms with Gasteiger partial charge in [-0.2, -0.15) is 0 Å². The summed E-state index contributed by atoms with van der Waals surface area (Å²) < 4.78 is 5.40. The van der Waals surface area contributed by atoms with Gasteiger partial charge >= 0.3 is 0 Å². The van der Waals surface area contributed by atoms with Crippen molar-refractivity contribution in [3.63, 3.8) is 0 Å². The van der Waals surface area contributed by atoms with Gasteiger partial charge in [-0.15, -0.1) is 0 Å². The zero-order valence-electron chi connectivity index (χ0n) is 13.9. The van der Waals surface area contributed by atoms with Crippen LogP contribution in [0.15, 0.2) is 39.9 Å². The number of carbonyl (C=O) groups excluding carboxylic acids is 1. The van der Waals surface area contributed by atoms with E-state index in [1.165, 1.54) is 12.3 Å². The molecule has 0 aliphatic carbocycles. The molecule has 1 aliphatic rings. The Morgan fingerprint density at radius 2 is 2.38 bits per heavy atom. The first-order valence-electron chi connectivity index (χ1n) is 8.34. The fourth-order valence-corrected chi connectivity index (χ4v) is 3.17. The number of pyridine rings is 1. The average molecular weight is 329 g/mol. The lowest BCUT2D eigenvalue weighted by molar-refractivity contribution is 0.0927. The first-order chi connectivity index (χ1) is 11.6. The Morgan fingerprint density at radius 1 is 1.50 bits per heavy atom. The first kappa shape index (κ1) is 16.5. The predicted molar refractivity (Wildman–Crippen MR) is 90.8 cm³/mol. The Bertz CT molecular complexity index is 736. The zero-order valence-corrected chi connectivity index (χ0v) is 13.9. The molecule has 0 aromatic carbocycles. The molecule has 2 N–H and O–H groups in total. The molecule has 6 heteroatoms. The van der Waals surface area contributed by atoms with Crippen LogP contribution in [-0.4, -0.2) is 35.4 Å². The Balaban J connectivity index is 1.52. The highest BCUT2D eigenvalue weighted by molar-refractivity contribution is 5.93. The van der Waals surface area contributed by atoms with E-state index >= 15 is 0 Å². The molecule has 128 valence electrons. The van der Waals surface area contributed by atoms with E-state index in [0.29, 0.717) is 12.5 Å². The third kappa shape index (κ3) is 4.14. The lowest BCUT2D eigenvalue weighted by Gasteiger charge is -2.32. The van der Waals surface area contributed by atoms with Gasteiger partial charge in [-0.3, -0.25) is 14.5 Å². The number of nitrogens with one attached hydrogen (secondary N) is 2. The number of aryl methyl sites for hydroxylation is 1. The summed E-state index contributed by atoms with van der Waals surface area (Å²) in [6, 6.07) is 5.33. The number of nitrogens with zero attached hydrogens (tertiary/aromatic N) is 1. The van der Waals surface area contributed by atoms with Gasteiger partial charge < -0.3 is 14.7 Å². The zero-order chi connectivity index (χ0) is 16.9. The molecule has 2 aromatic heterocycles. The van der Waals surface area contributed by atoms with Crippen molar-refractivity contribution >= 4 is 5.91 Å². The second kappa shape index (κ2) is 7.49. The van der Waals surface area contributed by atoms with E-state index in [1.54, 1.807) is 13.2 Å². The Kier molecular flexibility index (Phi) is 5.15. The Labute approximate surface area is 140 Å². The quantitative estimate of drug-likeness (QED) is 0.878. The third-order valence-corrected chi connectivity index (χ3v) is 4.42. The smallest absolute Gasteiger partial charge is 0.256 e. The Hall–Kier alpha value is -2.34. The van der Waals surface area contributed by atoms with Gasteiger partial charge in [0.05, 0.1) is 12.8 Å². The Morgan fingerprint density at radius 3 is 3.12 bits per heavy atom.